The molecule has 1 atom stereocenters. The first-order valence-corrected chi connectivity index (χ1v) is 4.57. The van der Waals surface area contributed by atoms with Crippen molar-refractivity contribution in [1.29, 1.82) is 0 Å². The van der Waals surface area contributed by atoms with E-state index in [0.29, 0.717) is 5.92 Å². The molecule has 0 heterocycles. The van der Waals surface area contributed by atoms with Gasteiger partial charge in [0.1, 0.15) is 0 Å². The second kappa shape index (κ2) is 5.82. The summed E-state index contributed by atoms with van der Waals surface area (Å²) in [7, 11) is 0. The Kier molecular flexibility index (Phi) is 5.44. The molecule has 0 rings (SSSR count). The molecule has 0 saturated heterocycles. The Bertz CT molecular complexity index is 184. The zero-order valence-corrected chi connectivity index (χ0v) is 8.56. The third-order valence-corrected chi connectivity index (χ3v) is 2.33. The fraction of sp³-hybridized carbons (Fsp3) is 0.500. The van der Waals surface area contributed by atoms with Gasteiger partial charge in [0.15, 0.2) is 0 Å². The van der Waals surface area contributed by atoms with Crippen molar-refractivity contribution in [2.24, 2.45) is 5.92 Å². The van der Waals surface area contributed by atoms with E-state index in [0.717, 1.165) is 12.8 Å². The van der Waals surface area contributed by atoms with Gasteiger partial charge in [0, 0.05) is 5.92 Å². The fourth-order valence-electron chi connectivity index (χ4n) is 1.10. The van der Waals surface area contributed by atoms with Gasteiger partial charge in [-0.05, 0) is 26.7 Å². The highest BCUT2D eigenvalue weighted by Crippen LogP contribution is 2.21. The maximum Gasteiger partial charge on any atom is 0.000824 e. The van der Waals surface area contributed by atoms with Crippen LogP contribution in [0.5, 0.6) is 0 Å². The molecule has 0 heteroatoms. The second-order valence-electron chi connectivity index (χ2n) is 3.18. The molecular weight excluding hydrogens is 144 g/mol. The van der Waals surface area contributed by atoms with Crippen LogP contribution in [0.1, 0.15) is 33.6 Å². The lowest BCUT2D eigenvalue weighted by atomic mass is 9.92. The van der Waals surface area contributed by atoms with E-state index in [9.17, 15) is 0 Å². The molecule has 0 bridgehead atoms. The first-order valence-electron chi connectivity index (χ1n) is 4.57. The van der Waals surface area contributed by atoms with Crippen LogP contribution in [0.3, 0.4) is 0 Å². The highest BCUT2D eigenvalue weighted by Gasteiger charge is 2.06. The van der Waals surface area contributed by atoms with Crippen molar-refractivity contribution in [3.05, 3.63) is 36.5 Å². The summed E-state index contributed by atoms with van der Waals surface area (Å²) in [5, 5.41) is 0. The van der Waals surface area contributed by atoms with Crippen molar-refractivity contribution in [2.75, 3.05) is 0 Å². The standard InChI is InChI=1S/C12H20/c1-6-10(4)9-12(8-3)11(5)7-2/h7-8,12H,3-4,6,9H2,1-2,5H3/b11-7-. The predicted octanol–water partition coefficient (Wildman–Crippen LogP) is 4.11. The van der Waals surface area contributed by atoms with E-state index >= 15 is 0 Å². The van der Waals surface area contributed by atoms with Gasteiger partial charge in [0.25, 0.3) is 0 Å². The van der Waals surface area contributed by atoms with E-state index in [1.165, 1.54) is 11.1 Å². The topological polar surface area (TPSA) is 0 Å². The van der Waals surface area contributed by atoms with Crippen molar-refractivity contribution in [2.45, 2.75) is 33.6 Å². The van der Waals surface area contributed by atoms with Gasteiger partial charge in [0.05, 0.1) is 0 Å². The molecule has 0 saturated carbocycles. The molecule has 0 spiro atoms. The van der Waals surface area contributed by atoms with E-state index in [1.807, 2.05) is 6.08 Å². The minimum Gasteiger partial charge on any atom is -0.102 e. The third kappa shape index (κ3) is 3.56. The largest absolute Gasteiger partial charge is 0.102 e. The van der Waals surface area contributed by atoms with Crippen molar-refractivity contribution >= 4 is 0 Å². The summed E-state index contributed by atoms with van der Waals surface area (Å²) >= 11 is 0. The smallest absolute Gasteiger partial charge is 0.000824 e. The number of hydrogen-bond donors (Lipinski definition) is 0. The zero-order valence-electron chi connectivity index (χ0n) is 8.56. The average Bonchev–Trinajstić information content (AvgIpc) is 2.12. The van der Waals surface area contributed by atoms with Gasteiger partial charge >= 0.3 is 0 Å². The van der Waals surface area contributed by atoms with Crippen molar-refractivity contribution < 1.29 is 0 Å². The quantitative estimate of drug-likeness (QED) is 0.536. The van der Waals surface area contributed by atoms with Crippen LogP contribution in [0.4, 0.5) is 0 Å². The molecule has 0 aliphatic heterocycles. The Labute approximate surface area is 76.7 Å². The van der Waals surface area contributed by atoms with E-state index in [-0.39, 0.29) is 0 Å². The zero-order chi connectivity index (χ0) is 9.56. The van der Waals surface area contributed by atoms with E-state index in [1.54, 1.807) is 0 Å². The molecule has 12 heavy (non-hydrogen) atoms. The molecular formula is C12H20. The lowest BCUT2D eigenvalue weighted by Gasteiger charge is -2.13. The monoisotopic (exact) mass is 164 g/mol. The minimum atomic E-state index is 0.488. The Hall–Kier alpha value is -0.780. The Morgan fingerprint density at radius 1 is 1.50 bits per heavy atom. The number of rotatable bonds is 5. The van der Waals surface area contributed by atoms with Crippen LogP contribution in [0.25, 0.3) is 0 Å². The molecule has 0 aliphatic rings. The van der Waals surface area contributed by atoms with Crippen LogP contribution >= 0.6 is 0 Å². The molecule has 0 N–H and O–H groups in total. The fourth-order valence-corrected chi connectivity index (χ4v) is 1.10. The van der Waals surface area contributed by atoms with Crippen LogP contribution in [0.2, 0.25) is 0 Å². The summed E-state index contributed by atoms with van der Waals surface area (Å²) in [5.41, 5.74) is 2.70. The molecule has 0 radical (unpaired) electrons. The van der Waals surface area contributed by atoms with Crippen LogP contribution in [0.15, 0.2) is 36.5 Å². The van der Waals surface area contributed by atoms with Crippen molar-refractivity contribution in [3.63, 3.8) is 0 Å². The third-order valence-electron chi connectivity index (χ3n) is 2.33. The highest BCUT2D eigenvalue weighted by atomic mass is 14.1. The van der Waals surface area contributed by atoms with Gasteiger partial charge in [-0.2, -0.15) is 0 Å². The Morgan fingerprint density at radius 3 is 2.42 bits per heavy atom. The Morgan fingerprint density at radius 2 is 2.08 bits per heavy atom. The van der Waals surface area contributed by atoms with Gasteiger partial charge < -0.3 is 0 Å². The van der Waals surface area contributed by atoms with Crippen LogP contribution in [-0.2, 0) is 0 Å². The molecule has 0 aromatic heterocycles. The Balaban J connectivity index is 4.18. The van der Waals surface area contributed by atoms with Gasteiger partial charge in [-0.1, -0.05) is 36.8 Å². The summed E-state index contributed by atoms with van der Waals surface area (Å²) < 4.78 is 0. The lowest BCUT2D eigenvalue weighted by Crippen LogP contribution is -1.98. The van der Waals surface area contributed by atoms with E-state index in [4.69, 9.17) is 0 Å². The van der Waals surface area contributed by atoms with Gasteiger partial charge in [-0.15, -0.1) is 6.58 Å². The molecule has 0 aliphatic carbocycles. The van der Waals surface area contributed by atoms with Crippen LogP contribution in [-0.4, -0.2) is 0 Å². The van der Waals surface area contributed by atoms with Crippen molar-refractivity contribution in [1.82, 2.24) is 0 Å². The number of hydrogen-bond acceptors (Lipinski definition) is 0. The summed E-state index contributed by atoms with van der Waals surface area (Å²) in [6.07, 6.45) is 6.28. The lowest BCUT2D eigenvalue weighted by molar-refractivity contribution is 0.728. The molecule has 68 valence electrons. The number of allylic oxidation sites excluding steroid dienone is 4. The molecule has 0 amide bonds. The molecule has 0 aromatic rings. The van der Waals surface area contributed by atoms with Crippen LogP contribution in [0, 0.1) is 5.92 Å². The summed E-state index contributed by atoms with van der Waals surface area (Å²) in [5.74, 6) is 0.488. The second-order valence-corrected chi connectivity index (χ2v) is 3.18. The average molecular weight is 164 g/mol. The summed E-state index contributed by atoms with van der Waals surface area (Å²) in [4.78, 5) is 0. The first-order chi connectivity index (χ1) is 5.65. The highest BCUT2D eigenvalue weighted by molar-refractivity contribution is 5.13. The first kappa shape index (κ1) is 11.2. The SMILES string of the molecule is C=CC(CC(=C)CC)/C(C)=C\C. The summed E-state index contributed by atoms with van der Waals surface area (Å²) in [6, 6.07) is 0. The molecule has 1 unspecified atom stereocenters. The molecule has 0 nitrogen and oxygen atoms in total. The van der Waals surface area contributed by atoms with Gasteiger partial charge in [-0.25, -0.2) is 0 Å². The predicted molar refractivity (Wildman–Crippen MR) is 57.2 cm³/mol. The normalized spacial score (nSPS) is 14.1. The summed E-state index contributed by atoms with van der Waals surface area (Å²) in [6.45, 7) is 14.2. The molecule has 0 fully saturated rings. The van der Waals surface area contributed by atoms with E-state index in [2.05, 4.69) is 40.0 Å². The van der Waals surface area contributed by atoms with E-state index < -0.39 is 0 Å². The van der Waals surface area contributed by atoms with Crippen molar-refractivity contribution in [3.8, 4) is 0 Å². The van der Waals surface area contributed by atoms with Gasteiger partial charge in [-0.3, -0.25) is 0 Å². The van der Waals surface area contributed by atoms with Gasteiger partial charge in [0.2, 0.25) is 0 Å². The maximum atomic E-state index is 4.00. The molecule has 0 aromatic carbocycles. The minimum absolute atomic E-state index is 0.488. The van der Waals surface area contributed by atoms with Crippen LogP contribution < -0.4 is 0 Å². The maximum absolute atomic E-state index is 4.00.